The summed E-state index contributed by atoms with van der Waals surface area (Å²) in [5.74, 6) is 0.925. The van der Waals surface area contributed by atoms with Crippen LogP contribution < -0.4 is 5.32 Å². The van der Waals surface area contributed by atoms with E-state index >= 15 is 0 Å². The summed E-state index contributed by atoms with van der Waals surface area (Å²) in [6.45, 7) is 7.81. The molecule has 0 bridgehead atoms. The Hall–Kier alpha value is -0.930. The van der Waals surface area contributed by atoms with Crippen molar-refractivity contribution in [2.75, 3.05) is 13.1 Å². The van der Waals surface area contributed by atoms with Crippen LogP contribution in [0.1, 0.15) is 37.4 Å². The molecule has 3 heteroatoms. The molecule has 1 saturated heterocycles. The van der Waals surface area contributed by atoms with E-state index in [1.807, 2.05) is 12.3 Å². The topological polar surface area (TPSA) is 28.2 Å². The van der Waals surface area contributed by atoms with E-state index in [1.54, 1.807) is 0 Å². The van der Waals surface area contributed by atoms with E-state index in [0.717, 1.165) is 25.0 Å². The fraction of sp³-hybridized carbons (Fsp3) is 0.688. The van der Waals surface area contributed by atoms with Crippen LogP contribution in [0, 0.1) is 12.8 Å². The third-order valence-corrected chi connectivity index (χ3v) is 4.67. The molecule has 2 heterocycles. The first kappa shape index (κ1) is 13.1. The van der Waals surface area contributed by atoms with Gasteiger partial charge in [0.25, 0.3) is 0 Å². The SMILES string of the molecule is CCC1CN(Cc2ncccc2C)C(C2CC2)CN1. The monoisotopic (exact) mass is 259 g/mol. The van der Waals surface area contributed by atoms with Crippen molar-refractivity contribution >= 4 is 0 Å². The molecule has 104 valence electrons. The van der Waals surface area contributed by atoms with E-state index < -0.39 is 0 Å². The van der Waals surface area contributed by atoms with Crippen molar-refractivity contribution in [3.8, 4) is 0 Å². The van der Waals surface area contributed by atoms with Gasteiger partial charge in [-0.2, -0.15) is 0 Å². The second-order valence-electron chi connectivity index (χ2n) is 6.11. The van der Waals surface area contributed by atoms with E-state index in [9.17, 15) is 0 Å². The average molecular weight is 259 g/mol. The Morgan fingerprint density at radius 2 is 2.26 bits per heavy atom. The summed E-state index contributed by atoms with van der Waals surface area (Å²) in [5.41, 5.74) is 2.58. The van der Waals surface area contributed by atoms with E-state index in [-0.39, 0.29) is 0 Å². The zero-order valence-electron chi connectivity index (χ0n) is 12.1. The smallest absolute Gasteiger partial charge is 0.0573 e. The third kappa shape index (κ3) is 2.98. The number of aromatic nitrogens is 1. The second kappa shape index (κ2) is 5.59. The number of aryl methyl sites for hydroxylation is 1. The van der Waals surface area contributed by atoms with Crippen molar-refractivity contribution in [1.29, 1.82) is 0 Å². The van der Waals surface area contributed by atoms with Gasteiger partial charge in [0, 0.05) is 37.9 Å². The maximum atomic E-state index is 4.58. The third-order valence-electron chi connectivity index (χ3n) is 4.67. The number of hydrogen-bond acceptors (Lipinski definition) is 3. The summed E-state index contributed by atoms with van der Waals surface area (Å²) in [6, 6.07) is 5.58. The molecule has 1 aliphatic heterocycles. The Labute approximate surface area is 116 Å². The number of hydrogen-bond donors (Lipinski definition) is 1. The van der Waals surface area contributed by atoms with Crippen LogP contribution in [0.5, 0.6) is 0 Å². The predicted octanol–water partition coefficient (Wildman–Crippen LogP) is 2.35. The maximum absolute atomic E-state index is 4.58. The first-order chi connectivity index (χ1) is 9.28. The van der Waals surface area contributed by atoms with Crippen molar-refractivity contribution in [2.24, 2.45) is 5.92 Å². The lowest BCUT2D eigenvalue weighted by atomic mass is 10.0. The lowest BCUT2D eigenvalue weighted by molar-refractivity contribution is 0.104. The van der Waals surface area contributed by atoms with Crippen molar-refractivity contribution in [3.05, 3.63) is 29.6 Å². The summed E-state index contributed by atoms with van der Waals surface area (Å²) < 4.78 is 0. The Morgan fingerprint density at radius 1 is 1.42 bits per heavy atom. The molecule has 0 radical (unpaired) electrons. The molecule has 19 heavy (non-hydrogen) atoms. The summed E-state index contributed by atoms with van der Waals surface area (Å²) >= 11 is 0. The number of pyridine rings is 1. The van der Waals surface area contributed by atoms with Gasteiger partial charge in [-0.15, -0.1) is 0 Å². The van der Waals surface area contributed by atoms with Crippen LogP contribution in [-0.2, 0) is 6.54 Å². The van der Waals surface area contributed by atoms with Crippen molar-refractivity contribution < 1.29 is 0 Å². The van der Waals surface area contributed by atoms with Crippen molar-refractivity contribution in [3.63, 3.8) is 0 Å². The normalized spacial score (nSPS) is 28.5. The zero-order valence-corrected chi connectivity index (χ0v) is 12.1. The van der Waals surface area contributed by atoms with Gasteiger partial charge in [0.05, 0.1) is 5.69 Å². The average Bonchev–Trinajstić information content (AvgIpc) is 3.26. The minimum Gasteiger partial charge on any atom is -0.311 e. The van der Waals surface area contributed by atoms with Crippen LogP contribution in [0.25, 0.3) is 0 Å². The summed E-state index contributed by atoms with van der Waals surface area (Å²) in [5, 5.41) is 3.71. The number of nitrogens with one attached hydrogen (secondary N) is 1. The van der Waals surface area contributed by atoms with Gasteiger partial charge >= 0.3 is 0 Å². The van der Waals surface area contributed by atoms with E-state index in [4.69, 9.17) is 0 Å². The quantitative estimate of drug-likeness (QED) is 0.899. The molecule has 1 aliphatic carbocycles. The van der Waals surface area contributed by atoms with Gasteiger partial charge in [0.2, 0.25) is 0 Å². The molecular weight excluding hydrogens is 234 g/mol. The molecule has 1 aromatic heterocycles. The summed E-state index contributed by atoms with van der Waals surface area (Å²) in [6.07, 6.45) is 5.98. The highest BCUT2D eigenvalue weighted by atomic mass is 15.2. The van der Waals surface area contributed by atoms with Crippen LogP contribution >= 0.6 is 0 Å². The predicted molar refractivity (Wildman–Crippen MR) is 78.0 cm³/mol. The Kier molecular flexibility index (Phi) is 3.85. The van der Waals surface area contributed by atoms with Gasteiger partial charge in [-0.25, -0.2) is 0 Å². The molecule has 1 N–H and O–H groups in total. The van der Waals surface area contributed by atoms with Gasteiger partial charge in [-0.05, 0) is 43.7 Å². The molecule has 3 nitrogen and oxygen atoms in total. The molecule has 1 saturated carbocycles. The van der Waals surface area contributed by atoms with Gasteiger partial charge in [-0.3, -0.25) is 9.88 Å². The highest BCUT2D eigenvalue weighted by Crippen LogP contribution is 2.36. The second-order valence-corrected chi connectivity index (χ2v) is 6.11. The zero-order chi connectivity index (χ0) is 13.2. The molecule has 1 aromatic rings. The molecule has 0 spiro atoms. The number of piperazine rings is 1. The molecule has 0 amide bonds. The Bertz CT molecular complexity index is 428. The minimum atomic E-state index is 0.652. The first-order valence-electron chi connectivity index (χ1n) is 7.66. The Balaban J connectivity index is 1.73. The first-order valence-corrected chi connectivity index (χ1v) is 7.66. The molecule has 2 atom stereocenters. The van der Waals surface area contributed by atoms with Gasteiger partial charge < -0.3 is 5.32 Å². The van der Waals surface area contributed by atoms with Crippen LogP contribution in [0.4, 0.5) is 0 Å². The molecule has 0 aromatic carbocycles. The van der Waals surface area contributed by atoms with Gasteiger partial charge in [0.15, 0.2) is 0 Å². The lowest BCUT2D eigenvalue weighted by Gasteiger charge is -2.40. The van der Waals surface area contributed by atoms with E-state index in [1.165, 1.54) is 37.1 Å². The largest absolute Gasteiger partial charge is 0.311 e. The molecule has 3 rings (SSSR count). The minimum absolute atomic E-state index is 0.652. The van der Waals surface area contributed by atoms with Crippen LogP contribution in [0.2, 0.25) is 0 Å². The number of rotatable bonds is 4. The standard InChI is InChI=1S/C16H25N3/c1-3-14-10-19(16(9-18-14)13-6-7-13)11-15-12(2)5-4-8-17-15/h4-5,8,13-14,16,18H,3,6-7,9-11H2,1-2H3. The molecular formula is C16H25N3. The maximum Gasteiger partial charge on any atom is 0.0573 e. The Morgan fingerprint density at radius 3 is 2.95 bits per heavy atom. The van der Waals surface area contributed by atoms with Crippen LogP contribution in [-0.4, -0.2) is 35.1 Å². The number of nitrogens with zero attached hydrogens (tertiary/aromatic N) is 2. The summed E-state index contributed by atoms with van der Waals surface area (Å²) in [4.78, 5) is 7.25. The highest BCUT2D eigenvalue weighted by Gasteiger charge is 2.38. The lowest BCUT2D eigenvalue weighted by Crippen LogP contribution is -2.56. The van der Waals surface area contributed by atoms with Crippen LogP contribution in [0.3, 0.4) is 0 Å². The van der Waals surface area contributed by atoms with Crippen LogP contribution in [0.15, 0.2) is 18.3 Å². The summed E-state index contributed by atoms with van der Waals surface area (Å²) in [7, 11) is 0. The fourth-order valence-corrected chi connectivity index (χ4v) is 3.18. The van der Waals surface area contributed by atoms with Crippen molar-refractivity contribution in [2.45, 2.75) is 51.7 Å². The molecule has 2 aliphatic rings. The molecule has 2 fully saturated rings. The highest BCUT2D eigenvalue weighted by molar-refractivity contribution is 5.18. The molecule has 2 unspecified atom stereocenters. The van der Waals surface area contributed by atoms with Gasteiger partial charge in [-0.1, -0.05) is 13.0 Å². The van der Waals surface area contributed by atoms with E-state index in [2.05, 4.69) is 35.1 Å². The fourth-order valence-electron chi connectivity index (χ4n) is 3.18. The van der Waals surface area contributed by atoms with E-state index in [0.29, 0.717) is 6.04 Å². The van der Waals surface area contributed by atoms with Gasteiger partial charge in [0.1, 0.15) is 0 Å². The van der Waals surface area contributed by atoms with Crippen molar-refractivity contribution in [1.82, 2.24) is 15.2 Å².